The average molecular weight is 328 g/mol. The number of hydrogen-bond acceptors (Lipinski definition) is 3. The Labute approximate surface area is 139 Å². The van der Waals surface area contributed by atoms with Crippen LogP contribution in [0.5, 0.6) is 0 Å². The number of pyridine rings is 1. The lowest BCUT2D eigenvalue weighted by Gasteiger charge is -2.18. The molecule has 1 aromatic heterocycles. The van der Waals surface area contributed by atoms with Crippen molar-refractivity contribution in [2.75, 3.05) is 0 Å². The first kappa shape index (κ1) is 17.5. The van der Waals surface area contributed by atoms with Crippen molar-refractivity contribution in [3.05, 3.63) is 69.6 Å². The topological polar surface area (TPSA) is 88.4 Å². The maximum Gasteiger partial charge on any atom is 0.335 e. The maximum absolute atomic E-state index is 12.4. The Kier molecular flexibility index (Phi) is 5.52. The highest BCUT2D eigenvalue weighted by Gasteiger charge is 2.19. The molecule has 2 N–H and O–H groups in total. The van der Waals surface area contributed by atoms with E-state index < -0.39 is 12.0 Å². The zero-order chi connectivity index (χ0) is 17.7. The van der Waals surface area contributed by atoms with E-state index in [0.717, 1.165) is 11.1 Å². The zero-order valence-electron chi connectivity index (χ0n) is 13.7. The van der Waals surface area contributed by atoms with Gasteiger partial charge in [-0.05, 0) is 36.6 Å². The monoisotopic (exact) mass is 328 g/mol. The van der Waals surface area contributed by atoms with Crippen LogP contribution in [0.2, 0.25) is 0 Å². The average Bonchev–Trinajstić information content (AvgIpc) is 2.57. The molecule has 0 spiro atoms. The van der Waals surface area contributed by atoms with E-state index in [-0.39, 0.29) is 23.6 Å². The van der Waals surface area contributed by atoms with Crippen LogP contribution >= 0.6 is 0 Å². The molecular weight excluding hydrogens is 308 g/mol. The predicted molar refractivity (Wildman–Crippen MR) is 90.0 cm³/mol. The number of rotatable bonds is 6. The van der Waals surface area contributed by atoms with Crippen molar-refractivity contribution in [2.24, 2.45) is 0 Å². The molecule has 0 bridgehead atoms. The standard InChI is InChI=1S/C18H20N2O4/c1-3-15(20-11-12(2)4-9-16(20)21)17(22)19-10-13-5-7-14(8-6-13)18(23)24/h4-9,11,15H,3,10H2,1-2H3,(H,19,22)(H,23,24). The van der Waals surface area contributed by atoms with Gasteiger partial charge in [0.2, 0.25) is 5.91 Å². The summed E-state index contributed by atoms with van der Waals surface area (Å²) in [6, 6.07) is 8.89. The van der Waals surface area contributed by atoms with Gasteiger partial charge in [-0.25, -0.2) is 4.79 Å². The maximum atomic E-state index is 12.4. The van der Waals surface area contributed by atoms with Crippen LogP contribution in [0, 0.1) is 6.92 Å². The van der Waals surface area contributed by atoms with Crippen molar-refractivity contribution in [1.82, 2.24) is 9.88 Å². The number of carbonyl (C=O) groups is 2. The largest absolute Gasteiger partial charge is 0.478 e. The van der Waals surface area contributed by atoms with Crippen LogP contribution < -0.4 is 10.9 Å². The molecule has 1 amide bonds. The predicted octanol–water partition coefficient (Wildman–Crippen LogP) is 2.12. The van der Waals surface area contributed by atoms with Crippen LogP contribution in [0.3, 0.4) is 0 Å². The Morgan fingerprint density at radius 2 is 1.83 bits per heavy atom. The van der Waals surface area contributed by atoms with Crippen LogP contribution in [0.15, 0.2) is 47.4 Å². The number of carbonyl (C=O) groups excluding carboxylic acids is 1. The Morgan fingerprint density at radius 3 is 2.42 bits per heavy atom. The second kappa shape index (κ2) is 7.59. The highest BCUT2D eigenvalue weighted by molar-refractivity contribution is 5.87. The lowest BCUT2D eigenvalue weighted by Crippen LogP contribution is -2.36. The van der Waals surface area contributed by atoms with E-state index in [1.807, 2.05) is 13.8 Å². The third kappa shape index (κ3) is 4.10. The third-order valence-corrected chi connectivity index (χ3v) is 3.78. The zero-order valence-corrected chi connectivity index (χ0v) is 13.7. The van der Waals surface area contributed by atoms with Crippen LogP contribution in [0.1, 0.15) is 40.9 Å². The summed E-state index contributed by atoms with van der Waals surface area (Å²) in [7, 11) is 0. The number of benzene rings is 1. The number of carboxylic acids is 1. The van der Waals surface area contributed by atoms with Gasteiger partial charge in [-0.3, -0.25) is 9.59 Å². The number of nitrogens with zero attached hydrogens (tertiary/aromatic N) is 1. The molecule has 2 aromatic rings. The Bertz CT molecular complexity index is 793. The second-order valence-corrected chi connectivity index (χ2v) is 5.60. The number of aryl methyl sites for hydroxylation is 1. The lowest BCUT2D eigenvalue weighted by atomic mass is 10.1. The summed E-state index contributed by atoms with van der Waals surface area (Å²) in [6.07, 6.45) is 2.17. The van der Waals surface area contributed by atoms with Gasteiger partial charge >= 0.3 is 5.97 Å². The van der Waals surface area contributed by atoms with E-state index in [2.05, 4.69) is 5.32 Å². The normalized spacial score (nSPS) is 11.8. The summed E-state index contributed by atoms with van der Waals surface area (Å²) in [5, 5.41) is 11.7. The molecular formula is C18H20N2O4. The fourth-order valence-electron chi connectivity index (χ4n) is 2.44. The van der Waals surface area contributed by atoms with Crippen LogP contribution in [-0.2, 0) is 11.3 Å². The first-order valence-corrected chi connectivity index (χ1v) is 7.71. The number of carboxylic acid groups (broad SMARTS) is 1. The summed E-state index contributed by atoms with van der Waals surface area (Å²) in [5.41, 5.74) is 1.68. The summed E-state index contributed by atoms with van der Waals surface area (Å²) in [4.78, 5) is 35.2. The van der Waals surface area contributed by atoms with Gasteiger partial charge in [0.25, 0.3) is 5.56 Å². The van der Waals surface area contributed by atoms with Crippen LogP contribution in [0.25, 0.3) is 0 Å². The van der Waals surface area contributed by atoms with Crippen LogP contribution in [0.4, 0.5) is 0 Å². The molecule has 0 saturated heterocycles. The van der Waals surface area contributed by atoms with Crippen molar-refractivity contribution >= 4 is 11.9 Å². The molecule has 0 fully saturated rings. The van der Waals surface area contributed by atoms with Gasteiger partial charge in [0.15, 0.2) is 0 Å². The number of amides is 1. The first-order chi connectivity index (χ1) is 11.4. The molecule has 24 heavy (non-hydrogen) atoms. The van der Waals surface area contributed by atoms with E-state index in [9.17, 15) is 14.4 Å². The highest BCUT2D eigenvalue weighted by atomic mass is 16.4. The van der Waals surface area contributed by atoms with Crippen molar-refractivity contribution in [2.45, 2.75) is 32.9 Å². The van der Waals surface area contributed by atoms with E-state index in [1.54, 1.807) is 24.4 Å². The molecule has 6 heteroatoms. The summed E-state index contributed by atoms with van der Waals surface area (Å²) in [5.74, 6) is -1.23. The molecule has 1 unspecified atom stereocenters. The fourth-order valence-corrected chi connectivity index (χ4v) is 2.44. The van der Waals surface area contributed by atoms with Gasteiger partial charge in [0.05, 0.1) is 5.56 Å². The highest BCUT2D eigenvalue weighted by Crippen LogP contribution is 2.11. The van der Waals surface area contributed by atoms with E-state index in [1.165, 1.54) is 22.8 Å². The Balaban J connectivity index is 2.08. The third-order valence-electron chi connectivity index (χ3n) is 3.78. The van der Waals surface area contributed by atoms with Gasteiger partial charge in [0.1, 0.15) is 6.04 Å². The van der Waals surface area contributed by atoms with Crippen molar-refractivity contribution in [3.63, 3.8) is 0 Å². The van der Waals surface area contributed by atoms with Gasteiger partial charge in [-0.15, -0.1) is 0 Å². The molecule has 1 atom stereocenters. The SMILES string of the molecule is CCC(C(=O)NCc1ccc(C(=O)O)cc1)n1cc(C)ccc1=O. The van der Waals surface area contributed by atoms with Gasteiger partial charge in [-0.1, -0.05) is 25.1 Å². The first-order valence-electron chi connectivity index (χ1n) is 7.71. The molecule has 0 aliphatic carbocycles. The van der Waals surface area contributed by atoms with Crippen LogP contribution in [-0.4, -0.2) is 21.6 Å². The molecule has 1 heterocycles. The van der Waals surface area contributed by atoms with Gasteiger partial charge in [-0.2, -0.15) is 0 Å². The quantitative estimate of drug-likeness (QED) is 0.850. The summed E-state index contributed by atoms with van der Waals surface area (Å²) < 4.78 is 1.44. The smallest absolute Gasteiger partial charge is 0.335 e. The lowest BCUT2D eigenvalue weighted by molar-refractivity contribution is -0.124. The molecule has 0 aliphatic heterocycles. The van der Waals surface area contributed by atoms with Crippen molar-refractivity contribution in [3.8, 4) is 0 Å². The minimum absolute atomic E-state index is 0.197. The van der Waals surface area contributed by atoms with Crippen molar-refractivity contribution < 1.29 is 14.7 Å². The van der Waals surface area contributed by atoms with Crippen molar-refractivity contribution in [1.29, 1.82) is 0 Å². The van der Waals surface area contributed by atoms with E-state index >= 15 is 0 Å². The minimum Gasteiger partial charge on any atom is -0.478 e. The second-order valence-electron chi connectivity index (χ2n) is 5.60. The molecule has 6 nitrogen and oxygen atoms in total. The fraction of sp³-hybridized carbons (Fsp3) is 0.278. The molecule has 2 rings (SSSR count). The Morgan fingerprint density at radius 1 is 1.17 bits per heavy atom. The number of hydrogen-bond donors (Lipinski definition) is 2. The molecule has 0 aliphatic rings. The van der Waals surface area contributed by atoms with Gasteiger partial charge in [0, 0.05) is 18.8 Å². The summed E-state index contributed by atoms with van der Waals surface area (Å²) >= 11 is 0. The molecule has 0 radical (unpaired) electrons. The van der Waals surface area contributed by atoms with E-state index in [0.29, 0.717) is 6.42 Å². The molecule has 126 valence electrons. The van der Waals surface area contributed by atoms with Gasteiger partial charge < -0.3 is 15.0 Å². The molecule has 0 saturated carbocycles. The number of aromatic carboxylic acids is 1. The number of nitrogens with one attached hydrogen (secondary N) is 1. The number of aromatic nitrogens is 1. The van der Waals surface area contributed by atoms with E-state index in [4.69, 9.17) is 5.11 Å². The molecule has 1 aromatic carbocycles. The Hall–Kier alpha value is -2.89. The minimum atomic E-state index is -0.990. The summed E-state index contributed by atoms with van der Waals surface area (Å²) in [6.45, 7) is 3.99.